The van der Waals surface area contributed by atoms with E-state index in [0.29, 0.717) is 18.7 Å². The van der Waals surface area contributed by atoms with Crippen LogP contribution < -0.4 is 5.32 Å². The van der Waals surface area contributed by atoms with Gasteiger partial charge >= 0.3 is 0 Å². The van der Waals surface area contributed by atoms with E-state index in [2.05, 4.69) is 10.2 Å². The van der Waals surface area contributed by atoms with Crippen LogP contribution in [0.5, 0.6) is 0 Å². The summed E-state index contributed by atoms with van der Waals surface area (Å²) in [6, 6.07) is 15.7. The third kappa shape index (κ3) is 4.55. The van der Waals surface area contributed by atoms with Crippen LogP contribution in [0, 0.1) is 0 Å². The number of hydrogen-bond donors (Lipinski definition) is 1. The van der Waals surface area contributed by atoms with E-state index in [1.807, 2.05) is 44.3 Å². The number of piperazine rings is 1. The van der Waals surface area contributed by atoms with Gasteiger partial charge in [0.25, 0.3) is 5.91 Å². The predicted octanol–water partition coefficient (Wildman–Crippen LogP) is 2.11. The Hall–Kier alpha value is -2.22. The lowest BCUT2D eigenvalue weighted by atomic mass is 10.1. The van der Waals surface area contributed by atoms with E-state index < -0.39 is 10.0 Å². The molecule has 2 aromatic rings. The van der Waals surface area contributed by atoms with E-state index in [0.717, 1.165) is 18.7 Å². The molecule has 0 bridgehead atoms. The van der Waals surface area contributed by atoms with Crippen molar-refractivity contribution in [3.8, 4) is 0 Å². The molecule has 0 aromatic heterocycles. The van der Waals surface area contributed by atoms with E-state index in [1.165, 1.54) is 16.4 Å². The molecule has 0 spiro atoms. The summed E-state index contributed by atoms with van der Waals surface area (Å²) in [5, 5.41) is 2.93. The number of nitrogens with zero attached hydrogens (tertiary/aromatic N) is 2. The smallest absolute Gasteiger partial charge is 0.251 e. The zero-order valence-corrected chi connectivity index (χ0v) is 16.4. The van der Waals surface area contributed by atoms with Crippen LogP contribution in [0.15, 0.2) is 59.5 Å². The number of amides is 1. The molecule has 1 amide bonds. The van der Waals surface area contributed by atoms with Gasteiger partial charge in [0, 0.05) is 31.7 Å². The molecule has 1 heterocycles. The first-order valence-corrected chi connectivity index (χ1v) is 10.5. The van der Waals surface area contributed by atoms with Crippen LogP contribution in [0.2, 0.25) is 0 Å². The van der Waals surface area contributed by atoms with E-state index in [-0.39, 0.29) is 16.8 Å². The number of nitrogens with one attached hydrogen (secondary N) is 1. The maximum absolute atomic E-state index is 12.7. The first-order valence-electron chi connectivity index (χ1n) is 9.02. The monoisotopic (exact) mass is 387 g/mol. The van der Waals surface area contributed by atoms with Crippen molar-refractivity contribution in [2.75, 3.05) is 33.2 Å². The molecule has 3 rings (SSSR count). The summed E-state index contributed by atoms with van der Waals surface area (Å²) < 4.78 is 27.0. The molecule has 0 saturated carbocycles. The molecule has 1 aliphatic rings. The summed E-state index contributed by atoms with van der Waals surface area (Å²) in [5.41, 5.74) is 1.45. The number of benzene rings is 2. The minimum atomic E-state index is -3.52. The fourth-order valence-electron chi connectivity index (χ4n) is 3.06. The van der Waals surface area contributed by atoms with Gasteiger partial charge in [-0.2, -0.15) is 4.31 Å². The molecule has 7 heteroatoms. The zero-order chi connectivity index (χ0) is 19.4. The maximum Gasteiger partial charge on any atom is 0.251 e. The highest BCUT2D eigenvalue weighted by atomic mass is 32.2. The van der Waals surface area contributed by atoms with Gasteiger partial charge in [-0.3, -0.25) is 4.79 Å². The van der Waals surface area contributed by atoms with E-state index in [1.54, 1.807) is 12.1 Å². The van der Waals surface area contributed by atoms with Gasteiger partial charge in [0.1, 0.15) is 0 Å². The molecule has 1 aliphatic heterocycles. The average molecular weight is 388 g/mol. The van der Waals surface area contributed by atoms with Crippen molar-refractivity contribution in [2.24, 2.45) is 0 Å². The van der Waals surface area contributed by atoms with Crippen LogP contribution in [-0.4, -0.2) is 56.8 Å². The topological polar surface area (TPSA) is 69.7 Å². The normalized spacial score (nSPS) is 17.4. The van der Waals surface area contributed by atoms with Gasteiger partial charge < -0.3 is 10.2 Å². The molecule has 1 N–H and O–H groups in total. The second kappa shape index (κ2) is 8.21. The lowest BCUT2D eigenvalue weighted by Crippen LogP contribution is -2.47. The van der Waals surface area contributed by atoms with Crippen molar-refractivity contribution < 1.29 is 13.2 Å². The molecular weight excluding hydrogens is 362 g/mol. The van der Waals surface area contributed by atoms with E-state index in [9.17, 15) is 13.2 Å². The highest BCUT2D eigenvalue weighted by Crippen LogP contribution is 2.19. The van der Waals surface area contributed by atoms with Crippen LogP contribution in [0.4, 0.5) is 0 Å². The van der Waals surface area contributed by atoms with Crippen LogP contribution in [0.3, 0.4) is 0 Å². The van der Waals surface area contributed by atoms with Crippen LogP contribution >= 0.6 is 0 Å². The average Bonchev–Trinajstić information content (AvgIpc) is 2.69. The van der Waals surface area contributed by atoms with Crippen molar-refractivity contribution in [3.63, 3.8) is 0 Å². The summed E-state index contributed by atoms with van der Waals surface area (Å²) in [6.45, 7) is 4.32. The Kier molecular flexibility index (Phi) is 5.94. The summed E-state index contributed by atoms with van der Waals surface area (Å²) in [7, 11) is -1.54. The molecule has 0 radical (unpaired) electrons. The van der Waals surface area contributed by atoms with Crippen LogP contribution in [0.1, 0.15) is 28.9 Å². The fourth-order valence-corrected chi connectivity index (χ4v) is 4.48. The highest BCUT2D eigenvalue weighted by Gasteiger charge is 2.27. The SMILES string of the molecule is CC(NC(=O)c1ccc(S(=O)(=O)N2CCN(C)CC2)cc1)c1ccccc1. The lowest BCUT2D eigenvalue weighted by Gasteiger charge is -2.31. The van der Waals surface area contributed by atoms with Crippen molar-refractivity contribution in [1.82, 2.24) is 14.5 Å². The molecular formula is C20H25N3O3S. The van der Waals surface area contributed by atoms with Crippen molar-refractivity contribution in [1.29, 1.82) is 0 Å². The molecule has 1 unspecified atom stereocenters. The van der Waals surface area contributed by atoms with Crippen molar-refractivity contribution in [3.05, 3.63) is 65.7 Å². The van der Waals surface area contributed by atoms with Crippen LogP contribution in [-0.2, 0) is 10.0 Å². The maximum atomic E-state index is 12.7. The Morgan fingerprint density at radius 1 is 0.963 bits per heavy atom. The largest absolute Gasteiger partial charge is 0.346 e. The minimum Gasteiger partial charge on any atom is -0.346 e. The Bertz CT molecular complexity index is 874. The van der Waals surface area contributed by atoms with Crippen molar-refractivity contribution >= 4 is 15.9 Å². The highest BCUT2D eigenvalue weighted by molar-refractivity contribution is 7.89. The standard InChI is InChI=1S/C20H25N3O3S/c1-16(17-6-4-3-5-7-17)21-20(24)18-8-10-19(11-9-18)27(25,26)23-14-12-22(2)13-15-23/h3-11,16H,12-15H2,1-2H3,(H,21,24). The first kappa shape index (κ1) is 19.5. The second-order valence-electron chi connectivity index (χ2n) is 6.84. The Labute approximate surface area is 160 Å². The Morgan fingerprint density at radius 2 is 1.56 bits per heavy atom. The third-order valence-electron chi connectivity index (χ3n) is 4.86. The number of carbonyl (C=O) groups is 1. The molecule has 2 aromatic carbocycles. The molecule has 144 valence electrons. The van der Waals surface area contributed by atoms with Gasteiger partial charge in [-0.05, 0) is 43.8 Å². The molecule has 6 nitrogen and oxygen atoms in total. The molecule has 1 atom stereocenters. The van der Waals surface area contributed by atoms with Gasteiger partial charge in [0.2, 0.25) is 10.0 Å². The van der Waals surface area contributed by atoms with Crippen LogP contribution in [0.25, 0.3) is 0 Å². The van der Waals surface area contributed by atoms with E-state index >= 15 is 0 Å². The van der Waals surface area contributed by atoms with Gasteiger partial charge in [-0.15, -0.1) is 0 Å². The van der Waals surface area contributed by atoms with Gasteiger partial charge in [0.05, 0.1) is 10.9 Å². The summed E-state index contributed by atoms with van der Waals surface area (Å²) in [6.07, 6.45) is 0. The quantitative estimate of drug-likeness (QED) is 0.853. The first-order chi connectivity index (χ1) is 12.9. The minimum absolute atomic E-state index is 0.132. The van der Waals surface area contributed by atoms with Gasteiger partial charge in [-0.25, -0.2) is 8.42 Å². The number of carbonyl (C=O) groups excluding carboxylic acids is 1. The summed E-state index contributed by atoms with van der Waals surface area (Å²) in [5.74, 6) is -0.227. The number of sulfonamides is 1. The summed E-state index contributed by atoms with van der Waals surface area (Å²) in [4.78, 5) is 14.8. The molecule has 1 saturated heterocycles. The zero-order valence-electron chi connectivity index (χ0n) is 15.6. The third-order valence-corrected chi connectivity index (χ3v) is 6.78. The van der Waals surface area contributed by atoms with Gasteiger partial charge in [-0.1, -0.05) is 30.3 Å². The van der Waals surface area contributed by atoms with Crippen molar-refractivity contribution in [2.45, 2.75) is 17.9 Å². The molecule has 1 fully saturated rings. The number of hydrogen-bond acceptors (Lipinski definition) is 4. The predicted molar refractivity (Wildman–Crippen MR) is 105 cm³/mol. The number of rotatable bonds is 5. The lowest BCUT2D eigenvalue weighted by molar-refractivity contribution is 0.0939. The van der Waals surface area contributed by atoms with Gasteiger partial charge in [0.15, 0.2) is 0 Å². The second-order valence-corrected chi connectivity index (χ2v) is 8.78. The molecule has 0 aliphatic carbocycles. The van der Waals surface area contributed by atoms with E-state index in [4.69, 9.17) is 0 Å². The summed E-state index contributed by atoms with van der Waals surface area (Å²) >= 11 is 0. The Morgan fingerprint density at radius 3 is 2.15 bits per heavy atom. The molecule has 27 heavy (non-hydrogen) atoms. The fraction of sp³-hybridized carbons (Fsp3) is 0.350. The number of likely N-dealkylation sites (N-methyl/N-ethyl adjacent to an activating group) is 1. The Balaban J connectivity index is 1.68.